The first-order valence-corrected chi connectivity index (χ1v) is 7.36. The maximum atomic E-state index is 13.7. The van der Waals surface area contributed by atoms with Gasteiger partial charge in [-0.15, -0.1) is 0 Å². The maximum Gasteiger partial charge on any atom is 0.280 e. The Bertz CT molecular complexity index is 793. The molecule has 0 spiro atoms. The van der Waals surface area contributed by atoms with Crippen molar-refractivity contribution < 1.29 is 12.8 Å². The van der Waals surface area contributed by atoms with Gasteiger partial charge in [0.25, 0.3) is 9.05 Å². The van der Waals surface area contributed by atoms with Gasteiger partial charge in [-0.25, -0.2) is 17.5 Å². The summed E-state index contributed by atoms with van der Waals surface area (Å²) in [5.74, 6) is -0.670. The fraction of sp³-hybridized carbons (Fsp3) is 0.0909. The Balaban J connectivity index is 2.88. The third-order valence-electron chi connectivity index (χ3n) is 2.44. The fourth-order valence-corrected chi connectivity index (χ4v) is 2.86. The number of rotatable bonds is 2. The highest BCUT2D eigenvalue weighted by Crippen LogP contribution is 2.26. The number of hydrogen-bond acceptors (Lipinski definition) is 4. The van der Waals surface area contributed by atoms with Gasteiger partial charge in [-0.3, -0.25) is 0 Å². The minimum Gasteiger partial charge on any atom is -0.216 e. The van der Waals surface area contributed by atoms with Gasteiger partial charge in [0.1, 0.15) is 23.1 Å². The smallest absolute Gasteiger partial charge is 0.216 e. The molecule has 0 saturated heterocycles. The van der Waals surface area contributed by atoms with E-state index in [1.54, 1.807) is 6.07 Å². The van der Waals surface area contributed by atoms with E-state index in [1.165, 1.54) is 25.1 Å². The van der Waals surface area contributed by atoms with E-state index in [-0.39, 0.29) is 16.9 Å². The minimum atomic E-state index is -4.24. The lowest BCUT2D eigenvalue weighted by atomic mass is 10.3. The lowest BCUT2D eigenvalue weighted by Gasteiger charge is -2.05. The summed E-state index contributed by atoms with van der Waals surface area (Å²) in [4.78, 5) is 0. The molecule has 0 unspecified atom stereocenters. The number of hydrogen-bond donors (Lipinski definition) is 0. The van der Waals surface area contributed by atoms with E-state index in [0.717, 1.165) is 10.7 Å². The lowest BCUT2D eigenvalue weighted by molar-refractivity contribution is 0.585. The van der Waals surface area contributed by atoms with Crippen molar-refractivity contribution >= 4 is 19.7 Å². The normalized spacial score (nSPS) is 11.3. The van der Waals surface area contributed by atoms with Gasteiger partial charge < -0.3 is 0 Å². The van der Waals surface area contributed by atoms with Gasteiger partial charge in [0.05, 0.1) is 5.69 Å². The number of aryl methyl sites for hydroxylation is 1. The summed E-state index contributed by atoms with van der Waals surface area (Å²) in [5, 5.41) is 12.3. The zero-order valence-electron chi connectivity index (χ0n) is 9.63. The molecule has 0 fully saturated rings. The average molecular weight is 300 g/mol. The van der Waals surface area contributed by atoms with Crippen LogP contribution in [0.4, 0.5) is 4.39 Å². The van der Waals surface area contributed by atoms with Crippen LogP contribution in [0, 0.1) is 24.1 Å². The van der Waals surface area contributed by atoms with Crippen LogP contribution in [0.2, 0.25) is 0 Å². The van der Waals surface area contributed by atoms with E-state index in [9.17, 15) is 12.8 Å². The second kappa shape index (κ2) is 4.64. The molecular formula is C11H7ClFN3O2S. The molecule has 0 radical (unpaired) electrons. The molecular weight excluding hydrogens is 293 g/mol. The number of nitrogens with zero attached hydrogens (tertiary/aromatic N) is 3. The van der Waals surface area contributed by atoms with Crippen LogP contribution in [0.5, 0.6) is 0 Å². The number of nitriles is 1. The summed E-state index contributed by atoms with van der Waals surface area (Å²) >= 11 is 0. The van der Waals surface area contributed by atoms with Gasteiger partial charge in [0.15, 0.2) is 5.03 Å². The third kappa shape index (κ3) is 2.32. The Labute approximate surface area is 113 Å². The molecule has 0 N–H and O–H groups in total. The molecule has 1 aromatic heterocycles. The SMILES string of the molecule is Cc1nn(-c2ccccc2F)c(S(=O)(=O)Cl)c1C#N. The second-order valence-electron chi connectivity index (χ2n) is 3.68. The predicted octanol–water partition coefficient (Wildman–Crippen LogP) is 2.12. The molecule has 2 aromatic rings. The molecule has 19 heavy (non-hydrogen) atoms. The molecule has 0 aliphatic carbocycles. The molecule has 0 aliphatic heterocycles. The van der Waals surface area contributed by atoms with Gasteiger partial charge in [0.2, 0.25) is 0 Å². The average Bonchev–Trinajstić information content (AvgIpc) is 2.66. The molecule has 5 nitrogen and oxygen atoms in total. The monoisotopic (exact) mass is 299 g/mol. The van der Waals surface area contributed by atoms with Crippen LogP contribution in [0.3, 0.4) is 0 Å². The molecule has 98 valence electrons. The fourth-order valence-electron chi connectivity index (χ4n) is 1.65. The quantitative estimate of drug-likeness (QED) is 0.796. The molecule has 0 aliphatic rings. The summed E-state index contributed by atoms with van der Waals surface area (Å²) in [7, 11) is 1.06. The van der Waals surface area contributed by atoms with Crippen molar-refractivity contribution in [3.05, 3.63) is 41.3 Å². The van der Waals surface area contributed by atoms with Crippen LogP contribution < -0.4 is 0 Å². The minimum absolute atomic E-state index is 0.0914. The zero-order valence-corrected chi connectivity index (χ0v) is 11.2. The van der Waals surface area contributed by atoms with Crippen LogP contribution in [-0.2, 0) is 9.05 Å². The van der Waals surface area contributed by atoms with E-state index >= 15 is 0 Å². The Morgan fingerprint density at radius 1 is 1.42 bits per heavy atom. The Hall–Kier alpha value is -1.91. The first-order valence-electron chi connectivity index (χ1n) is 5.05. The molecule has 1 heterocycles. The Morgan fingerprint density at radius 3 is 2.58 bits per heavy atom. The molecule has 2 rings (SSSR count). The van der Waals surface area contributed by atoms with Crippen molar-refractivity contribution in [1.29, 1.82) is 5.26 Å². The molecule has 8 heteroatoms. The van der Waals surface area contributed by atoms with Gasteiger partial charge in [0, 0.05) is 10.7 Å². The van der Waals surface area contributed by atoms with E-state index in [2.05, 4.69) is 5.10 Å². The van der Waals surface area contributed by atoms with E-state index in [1.807, 2.05) is 0 Å². The molecule has 0 bridgehead atoms. The molecule has 1 aromatic carbocycles. The highest BCUT2D eigenvalue weighted by atomic mass is 35.7. The second-order valence-corrected chi connectivity index (χ2v) is 6.16. The van der Waals surface area contributed by atoms with Gasteiger partial charge in [-0.05, 0) is 19.1 Å². The van der Waals surface area contributed by atoms with Crippen molar-refractivity contribution in [2.75, 3.05) is 0 Å². The predicted molar refractivity (Wildman–Crippen MR) is 66.0 cm³/mol. The van der Waals surface area contributed by atoms with E-state index < -0.39 is 19.9 Å². The summed E-state index contributed by atoms with van der Waals surface area (Å²) in [6, 6.07) is 7.18. The van der Waals surface area contributed by atoms with Gasteiger partial charge in [-0.1, -0.05) is 12.1 Å². The zero-order chi connectivity index (χ0) is 14.2. The Morgan fingerprint density at radius 2 is 2.05 bits per heavy atom. The Kier molecular flexibility index (Phi) is 3.30. The number of halogens is 2. The molecule has 0 atom stereocenters. The van der Waals surface area contributed by atoms with Crippen LogP contribution in [0.15, 0.2) is 29.3 Å². The van der Waals surface area contributed by atoms with E-state index in [4.69, 9.17) is 15.9 Å². The van der Waals surface area contributed by atoms with Crippen molar-refractivity contribution in [2.24, 2.45) is 0 Å². The number of para-hydroxylation sites is 1. The van der Waals surface area contributed by atoms with Crippen LogP contribution in [-0.4, -0.2) is 18.2 Å². The van der Waals surface area contributed by atoms with Crippen molar-refractivity contribution in [1.82, 2.24) is 9.78 Å². The van der Waals surface area contributed by atoms with Crippen LogP contribution in [0.25, 0.3) is 5.69 Å². The maximum absolute atomic E-state index is 13.7. The third-order valence-corrected chi connectivity index (χ3v) is 3.72. The first kappa shape index (κ1) is 13.5. The van der Waals surface area contributed by atoms with Crippen molar-refractivity contribution in [3.8, 4) is 11.8 Å². The van der Waals surface area contributed by atoms with Crippen LogP contribution in [0.1, 0.15) is 11.3 Å². The van der Waals surface area contributed by atoms with E-state index in [0.29, 0.717) is 0 Å². The lowest BCUT2D eigenvalue weighted by Crippen LogP contribution is -2.07. The van der Waals surface area contributed by atoms with Crippen LogP contribution >= 0.6 is 10.7 Å². The summed E-state index contributed by atoms with van der Waals surface area (Å²) in [5.41, 5.74) is -0.130. The van der Waals surface area contributed by atoms with Gasteiger partial charge >= 0.3 is 0 Å². The first-order chi connectivity index (χ1) is 8.86. The standard InChI is InChI=1S/C11H7ClFN3O2S/c1-7-8(6-14)11(19(12,17)18)16(15-7)10-5-3-2-4-9(10)13/h2-5H,1H3. The largest absolute Gasteiger partial charge is 0.280 e. The number of aromatic nitrogens is 2. The summed E-state index contributed by atoms with van der Waals surface area (Å²) in [6.45, 7) is 1.45. The summed E-state index contributed by atoms with van der Waals surface area (Å²) in [6.07, 6.45) is 0. The van der Waals surface area contributed by atoms with Crippen molar-refractivity contribution in [2.45, 2.75) is 11.9 Å². The highest BCUT2D eigenvalue weighted by Gasteiger charge is 2.27. The molecule has 0 amide bonds. The number of benzene rings is 1. The van der Waals surface area contributed by atoms with Crippen molar-refractivity contribution in [3.63, 3.8) is 0 Å². The highest BCUT2D eigenvalue weighted by molar-refractivity contribution is 8.13. The molecule has 0 saturated carbocycles. The topological polar surface area (TPSA) is 75.8 Å². The van der Waals surface area contributed by atoms with Gasteiger partial charge in [-0.2, -0.15) is 10.4 Å². The summed E-state index contributed by atoms with van der Waals surface area (Å²) < 4.78 is 37.7.